The Morgan fingerprint density at radius 1 is 0.706 bits per heavy atom. The lowest BCUT2D eigenvalue weighted by atomic mass is 9.84. The van der Waals surface area contributed by atoms with E-state index in [-0.39, 0.29) is 19.6 Å². The molecule has 1 aliphatic carbocycles. The Bertz CT molecular complexity index is 653. The number of ether oxygens (including phenoxy) is 5. The van der Waals surface area contributed by atoms with E-state index in [0.717, 1.165) is 0 Å². The molecule has 0 radical (unpaired) electrons. The van der Waals surface area contributed by atoms with E-state index in [9.17, 15) is 25.5 Å². The molecule has 200 valence electrons. The second-order valence-corrected chi connectivity index (χ2v) is 9.15. The predicted molar refractivity (Wildman–Crippen MR) is 115 cm³/mol. The van der Waals surface area contributed by atoms with Gasteiger partial charge in [0.2, 0.25) is 0 Å². The number of nitrogens with two attached hydrogens (primary N) is 5. The normalized spacial score (nSPS) is 52.5. The molecule has 0 aromatic carbocycles. The van der Waals surface area contributed by atoms with Crippen LogP contribution >= 0.6 is 0 Å². The van der Waals surface area contributed by atoms with E-state index < -0.39 is 91.7 Å². The molecule has 0 aromatic rings. The van der Waals surface area contributed by atoms with E-state index in [1.54, 1.807) is 0 Å². The van der Waals surface area contributed by atoms with E-state index in [0.29, 0.717) is 0 Å². The molecule has 0 spiro atoms. The lowest BCUT2D eigenvalue weighted by Gasteiger charge is -2.48. The summed E-state index contributed by atoms with van der Waals surface area (Å²) in [6.45, 7) is -0.114. The fourth-order valence-electron chi connectivity index (χ4n) is 4.60. The van der Waals surface area contributed by atoms with Crippen LogP contribution in [-0.2, 0) is 23.7 Å². The first kappa shape index (κ1) is 28.0. The van der Waals surface area contributed by atoms with Crippen molar-refractivity contribution < 1.29 is 49.2 Å². The first-order valence-electron chi connectivity index (χ1n) is 11.2. The van der Waals surface area contributed by atoms with Gasteiger partial charge >= 0.3 is 0 Å². The molecule has 2 saturated heterocycles. The van der Waals surface area contributed by atoms with Crippen LogP contribution in [0.15, 0.2) is 0 Å². The van der Waals surface area contributed by atoms with Crippen molar-refractivity contribution in [3.05, 3.63) is 0 Å². The highest BCUT2D eigenvalue weighted by molar-refractivity contribution is 5.01. The molecule has 15 unspecified atom stereocenters. The van der Waals surface area contributed by atoms with Crippen LogP contribution < -0.4 is 28.7 Å². The first-order chi connectivity index (χ1) is 16.0. The highest BCUT2D eigenvalue weighted by Gasteiger charge is 2.51. The van der Waals surface area contributed by atoms with Crippen molar-refractivity contribution >= 4 is 0 Å². The van der Waals surface area contributed by atoms with Crippen LogP contribution in [0, 0.1) is 0 Å². The van der Waals surface area contributed by atoms with Gasteiger partial charge in [-0.1, -0.05) is 0 Å². The molecular weight excluding hydrogens is 458 g/mol. The fourth-order valence-corrected chi connectivity index (χ4v) is 4.60. The molecule has 0 aromatic heterocycles. The second kappa shape index (κ2) is 11.6. The number of hydrogen-bond acceptors (Lipinski definition) is 15. The fraction of sp³-hybridized carbons (Fsp3) is 1.00. The largest absolute Gasteiger partial charge is 0.389 e. The van der Waals surface area contributed by atoms with E-state index in [1.807, 2.05) is 0 Å². The van der Waals surface area contributed by atoms with Gasteiger partial charge in [-0.15, -0.1) is 0 Å². The standard InChI is InChI=1S/C19H39N5O10/c1-30-4-8-11(25)9(23)14(28)19(32-8)34-17-6(22)2-5(21)16(15(17)29)33-18-10(24)13(27)12(26)7(3-20)31-18/h5-19,25-29H,2-4,20-24H2,1H3. The second-order valence-electron chi connectivity index (χ2n) is 9.15. The van der Waals surface area contributed by atoms with Crippen molar-refractivity contribution in [1.29, 1.82) is 0 Å². The van der Waals surface area contributed by atoms with Crippen LogP contribution in [0.3, 0.4) is 0 Å². The first-order valence-corrected chi connectivity index (χ1v) is 11.2. The molecule has 2 heterocycles. The van der Waals surface area contributed by atoms with Crippen molar-refractivity contribution in [2.75, 3.05) is 20.3 Å². The van der Waals surface area contributed by atoms with Crippen molar-refractivity contribution in [3.63, 3.8) is 0 Å². The summed E-state index contributed by atoms with van der Waals surface area (Å²) in [4.78, 5) is 0. The highest BCUT2D eigenvalue weighted by atomic mass is 16.7. The third kappa shape index (κ3) is 5.54. The van der Waals surface area contributed by atoms with Gasteiger partial charge < -0.3 is 77.9 Å². The zero-order valence-corrected chi connectivity index (χ0v) is 18.9. The highest BCUT2D eigenvalue weighted by Crippen LogP contribution is 2.31. The summed E-state index contributed by atoms with van der Waals surface area (Å²) >= 11 is 0. The Balaban J connectivity index is 1.72. The Morgan fingerprint density at radius 3 is 1.82 bits per heavy atom. The topological polar surface area (TPSA) is 277 Å². The molecule has 15 nitrogen and oxygen atoms in total. The quantitative estimate of drug-likeness (QED) is 0.156. The van der Waals surface area contributed by atoms with E-state index >= 15 is 0 Å². The summed E-state index contributed by atoms with van der Waals surface area (Å²) in [6, 6.07) is -3.77. The summed E-state index contributed by atoms with van der Waals surface area (Å²) in [5.41, 5.74) is 29.8. The molecule has 15 atom stereocenters. The van der Waals surface area contributed by atoms with Crippen molar-refractivity contribution in [2.45, 2.75) is 98.1 Å². The SMILES string of the molecule is COCC1OC(OC2C(N)CC(N)C(OC3OC(CN)C(O)C(O)C3N)C2O)C(O)C(N)C1O. The Morgan fingerprint density at radius 2 is 1.26 bits per heavy atom. The minimum Gasteiger partial charge on any atom is -0.389 e. The summed E-state index contributed by atoms with van der Waals surface area (Å²) in [5, 5.41) is 52.0. The molecule has 0 amide bonds. The minimum absolute atomic E-state index is 0.00920. The molecule has 3 fully saturated rings. The van der Waals surface area contributed by atoms with Gasteiger partial charge in [-0.2, -0.15) is 0 Å². The lowest BCUT2D eigenvalue weighted by molar-refractivity contribution is -0.319. The maximum Gasteiger partial charge on any atom is 0.186 e. The van der Waals surface area contributed by atoms with Gasteiger partial charge in [0.25, 0.3) is 0 Å². The van der Waals surface area contributed by atoms with E-state index in [1.165, 1.54) is 7.11 Å². The number of aliphatic hydroxyl groups is 5. The molecule has 0 bridgehead atoms. The minimum atomic E-state index is -1.42. The van der Waals surface area contributed by atoms with Gasteiger partial charge in [-0.25, -0.2) is 0 Å². The number of methoxy groups -OCH3 is 1. The molecule has 3 rings (SSSR count). The Hall–Kier alpha value is -0.600. The van der Waals surface area contributed by atoms with Crippen molar-refractivity contribution in [2.24, 2.45) is 28.7 Å². The molecule has 3 aliphatic rings. The monoisotopic (exact) mass is 497 g/mol. The van der Waals surface area contributed by atoms with Crippen LogP contribution in [0.25, 0.3) is 0 Å². The van der Waals surface area contributed by atoms with Crippen molar-refractivity contribution in [1.82, 2.24) is 0 Å². The number of rotatable bonds is 7. The lowest BCUT2D eigenvalue weighted by Crippen LogP contribution is -2.69. The van der Waals surface area contributed by atoms with Crippen LogP contribution in [0.1, 0.15) is 6.42 Å². The zero-order chi connectivity index (χ0) is 25.3. The predicted octanol–water partition coefficient (Wildman–Crippen LogP) is -6.67. The number of hydrogen-bond donors (Lipinski definition) is 10. The van der Waals surface area contributed by atoms with E-state index in [2.05, 4.69) is 0 Å². The smallest absolute Gasteiger partial charge is 0.186 e. The van der Waals surface area contributed by atoms with Crippen molar-refractivity contribution in [3.8, 4) is 0 Å². The summed E-state index contributed by atoms with van der Waals surface area (Å²) in [7, 11) is 1.41. The molecule has 2 aliphatic heterocycles. The van der Waals surface area contributed by atoms with Gasteiger partial charge in [0, 0.05) is 25.7 Å². The summed E-state index contributed by atoms with van der Waals surface area (Å²) < 4.78 is 27.9. The summed E-state index contributed by atoms with van der Waals surface area (Å²) in [5.74, 6) is 0. The maximum atomic E-state index is 11.0. The maximum absolute atomic E-state index is 11.0. The zero-order valence-electron chi connectivity index (χ0n) is 18.9. The molecule has 15 heteroatoms. The third-order valence-corrected chi connectivity index (χ3v) is 6.71. The van der Waals surface area contributed by atoms with Gasteiger partial charge in [0.05, 0.1) is 18.7 Å². The third-order valence-electron chi connectivity index (χ3n) is 6.71. The number of aliphatic hydroxyl groups excluding tert-OH is 5. The van der Waals surface area contributed by atoms with Crippen LogP contribution in [-0.4, -0.2) is 137 Å². The Labute approximate surface area is 197 Å². The van der Waals surface area contributed by atoms with Gasteiger partial charge in [-0.05, 0) is 6.42 Å². The molecular formula is C19H39N5O10. The average Bonchev–Trinajstić information content (AvgIpc) is 2.80. The molecule has 34 heavy (non-hydrogen) atoms. The van der Waals surface area contributed by atoms with Gasteiger partial charge in [0.15, 0.2) is 12.6 Å². The molecule has 15 N–H and O–H groups in total. The van der Waals surface area contributed by atoms with Gasteiger partial charge in [0.1, 0.15) is 54.9 Å². The molecule has 1 saturated carbocycles. The Kier molecular flexibility index (Phi) is 9.57. The van der Waals surface area contributed by atoms with E-state index in [4.69, 9.17) is 52.4 Å². The average molecular weight is 498 g/mol. The summed E-state index contributed by atoms with van der Waals surface area (Å²) in [6.07, 6.45) is -13.2. The van der Waals surface area contributed by atoms with Crippen LogP contribution in [0.2, 0.25) is 0 Å². The van der Waals surface area contributed by atoms with Crippen LogP contribution in [0.5, 0.6) is 0 Å². The van der Waals surface area contributed by atoms with Crippen LogP contribution in [0.4, 0.5) is 0 Å². The van der Waals surface area contributed by atoms with Gasteiger partial charge in [-0.3, -0.25) is 0 Å².